The summed E-state index contributed by atoms with van der Waals surface area (Å²) >= 11 is 0. The topological polar surface area (TPSA) is 29.1 Å². The van der Waals surface area contributed by atoms with Crippen LogP contribution in [0.25, 0.3) is 0 Å². The van der Waals surface area contributed by atoms with Crippen molar-refractivity contribution >= 4 is 11.6 Å². The fraction of sp³-hybridized carbons (Fsp3) is 0.235. The van der Waals surface area contributed by atoms with Crippen LogP contribution in [-0.4, -0.2) is 5.91 Å². The SMILES string of the molecule is O=C(Nc1ccc(F)c(F)c1)C1(c2ccc(F)cc2)CCC1. The van der Waals surface area contributed by atoms with E-state index in [1.807, 2.05) is 0 Å². The Balaban J connectivity index is 1.85. The smallest absolute Gasteiger partial charge is 0.235 e. The van der Waals surface area contributed by atoms with Crippen LogP contribution in [0.4, 0.5) is 18.9 Å². The molecule has 0 aromatic heterocycles. The van der Waals surface area contributed by atoms with Gasteiger partial charge in [-0.25, -0.2) is 13.2 Å². The van der Waals surface area contributed by atoms with Crippen LogP contribution in [-0.2, 0) is 10.2 Å². The van der Waals surface area contributed by atoms with Gasteiger partial charge in [0.25, 0.3) is 0 Å². The summed E-state index contributed by atoms with van der Waals surface area (Å²) in [5, 5.41) is 2.63. The van der Waals surface area contributed by atoms with E-state index in [0.29, 0.717) is 12.8 Å². The fourth-order valence-electron chi connectivity index (χ4n) is 2.77. The highest BCUT2D eigenvalue weighted by molar-refractivity contribution is 5.99. The molecule has 114 valence electrons. The maximum atomic E-state index is 13.2. The summed E-state index contributed by atoms with van der Waals surface area (Å²) in [6.07, 6.45) is 2.19. The first-order chi connectivity index (χ1) is 10.5. The van der Waals surface area contributed by atoms with Gasteiger partial charge >= 0.3 is 0 Å². The maximum Gasteiger partial charge on any atom is 0.235 e. The van der Waals surface area contributed by atoms with Crippen molar-refractivity contribution in [2.75, 3.05) is 5.32 Å². The van der Waals surface area contributed by atoms with Crippen molar-refractivity contribution < 1.29 is 18.0 Å². The van der Waals surface area contributed by atoms with E-state index in [0.717, 1.165) is 24.1 Å². The summed E-state index contributed by atoms with van der Waals surface area (Å²) in [6, 6.07) is 9.06. The van der Waals surface area contributed by atoms with Crippen molar-refractivity contribution in [3.63, 3.8) is 0 Å². The first kappa shape index (κ1) is 14.6. The molecule has 1 fully saturated rings. The number of rotatable bonds is 3. The summed E-state index contributed by atoms with van der Waals surface area (Å²) in [7, 11) is 0. The molecule has 1 N–H and O–H groups in total. The highest BCUT2D eigenvalue weighted by atomic mass is 19.2. The molecule has 0 atom stereocenters. The number of halogens is 3. The van der Waals surface area contributed by atoms with Crippen LogP contribution < -0.4 is 5.32 Å². The van der Waals surface area contributed by atoms with Crippen molar-refractivity contribution in [3.8, 4) is 0 Å². The number of amides is 1. The lowest BCUT2D eigenvalue weighted by Gasteiger charge is -2.40. The average molecular weight is 305 g/mol. The summed E-state index contributed by atoms with van der Waals surface area (Å²) in [4.78, 5) is 12.6. The molecule has 0 bridgehead atoms. The minimum atomic E-state index is -1.01. The number of hydrogen-bond donors (Lipinski definition) is 1. The zero-order chi connectivity index (χ0) is 15.7. The Hall–Kier alpha value is -2.30. The zero-order valence-electron chi connectivity index (χ0n) is 11.7. The van der Waals surface area contributed by atoms with Crippen LogP contribution in [0.1, 0.15) is 24.8 Å². The molecule has 5 heteroatoms. The summed E-state index contributed by atoms with van der Waals surface area (Å²) in [5.74, 6) is -2.62. The van der Waals surface area contributed by atoms with E-state index in [2.05, 4.69) is 5.32 Å². The van der Waals surface area contributed by atoms with Crippen LogP contribution in [0, 0.1) is 17.5 Å². The third kappa shape index (κ3) is 2.47. The molecule has 1 amide bonds. The van der Waals surface area contributed by atoms with Crippen LogP contribution in [0.2, 0.25) is 0 Å². The number of nitrogens with one attached hydrogen (secondary N) is 1. The Morgan fingerprint density at radius 2 is 1.64 bits per heavy atom. The molecular formula is C17H14F3NO. The second kappa shape index (κ2) is 5.48. The van der Waals surface area contributed by atoms with Gasteiger partial charge in [-0.3, -0.25) is 4.79 Å². The summed E-state index contributed by atoms with van der Waals surface area (Å²) in [6.45, 7) is 0. The molecular weight excluding hydrogens is 291 g/mol. The number of benzene rings is 2. The molecule has 22 heavy (non-hydrogen) atoms. The maximum absolute atomic E-state index is 13.2. The molecule has 1 saturated carbocycles. The third-order valence-corrected chi connectivity index (χ3v) is 4.22. The van der Waals surface area contributed by atoms with Gasteiger partial charge in [0.1, 0.15) is 5.82 Å². The number of anilines is 1. The van der Waals surface area contributed by atoms with Gasteiger partial charge < -0.3 is 5.32 Å². The van der Waals surface area contributed by atoms with E-state index in [1.54, 1.807) is 12.1 Å². The molecule has 0 aliphatic heterocycles. The van der Waals surface area contributed by atoms with Gasteiger partial charge in [0.15, 0.2) is 11.6 Å². The molecule has 0 heterocycles. The zero-order valence-corrected chi connectivity index (χ0v) is 11.7. The molecule has 2 aromatic carbocycles. The van der Waals surface area contributed by atoms with Gasteiger partial charge in [-0.15, -0.1) is 0 Å². The van der Waals surface area contributed by atoms with Crippen molar-refractivity contribution in [2.45, 2.75) is 24.7 Å². The minimum Gasteiger partial charge on any atom is -0.325 e. The standard InChI is InChI=1S/C17H14F3NO/c18-12-4-2-11(3-5-12)17(8-1-9-17)16(22)21-13-6-7-14(19)15(20)10-13/h2-7,10H,1,8-9H2,(H,21,22). The van der Waals surface area contributed by atoms with E-state index < -0.39 is 17.0 Å². The molecule has 3 rings (SSSR count). The first-order valence-corrected chi connectivity index (χ1v) is 7.04. The fourth-order valence-corrected chi connectivity index (χ4v) is 2.77. The quantitative estimate of drug-likeness (QED) is 0.906. The van der Waals surface area contributed by atoms with Gasteiger partial charge in [-0.1, -0.05) is 18.6 Å². The third-order valence-electron chi connectivity index (χ3n) is 4.22. The Kier molecular flexibility index (Phi) is 3.64. The number of carbonyl (C=O) groups excluding carboxylic acids is 1. The number of hydrogen-bond acceptors (Lipinski definition) is 1. The molecule has 0 saturated heterocycles. The normalized spacial score (nSPS) is 16.0. The second-order valence-electron chi connectivity index (χ2n) is 5.53. The van der Waals surface area contributed by atoms with E-state index in [-0.39, 0.29) is 17.4 Å². The van der Waals surface area contributed by atoms with Crippen LogP contribution in [0.3, 0.4) is 0 Å². The van der Waals surface area contributed by atoms with Gasteiger partial charge in [-0.2, -0.15) is 0 Å². The van der Waals surface area contributed by atoms with Gasteiger partial charge in [-0.05, 0) is 42.7 Å². The predicted molar refractivity (Wildman–Crippen MR) is 76.9 cm³/mol. The molecule has 2 aromatic rings. The highest BCUT2D eigenvalue weighted by Crippen LogP contribution is 2.44. The summed E-state index contributed by atoms with van der Waals surface area (Å²) < 4.78 is 39.2. The largest absolute Gasteiger partial charge is 0.325 e. The lowest BCUT2D eigenvalue weighted by molar-refractivity contribution is -0.124. The van der Waals surface area contributed by atoms with Crippen molar-refractivity contribution in [1.29, 1.82) is 0 Å². The molecule has 1 aliphatic rings. The van der Waals surface area contributed by atoms with E-state index >= 15 is 0 Å². The molecule has 2 nitrogen and oxygen atoms in total. The van der Waals surface area contributed by atoms with Crippen LogP contribution in [0.15, 0.2) is 42.5 Å². The first-order valence-electron chi connectivity index (χ1n) is 7.04. The second-order valence-corrected chi connectivity index (χ2v) is 5.53. The Labute approximate surface area is 126 Å². The molecule has 1 aliphatic carbocycles. The Morgan fingerprint density at radius 1 is 0.955 bits per heavy atom. The number of carbonyl (C=O) groups is 1. The Morgan fingerprint density at radius 3 is 2.18 bits per heavy atom. The average Bonchev–Trinajstić information content (AvgIpc) is 2.44. The molecule has 0 spiro atoms. The van der Waals surface area contributed by atoms with Gasteiger partial charge in [0, 0.05) is 11.8 Å². The monoisotopic (exact) mass is 305 g/mol. The van der Waals surface area contributed by atoms with E-state index in [4.69, 9.17) is 0 Å². The van der Waals surface area contributed by atoms with Gasteiger partial charge in [0.05, 0.1) is 5.41 Å². The molecule has 0 radical (unpaired) electrons. The van der Waals surface area contributed by atoms with Crippen LogP contribution >= 0.6 is 0 Å². The predicted octanol–water partition coefficient (Wildman–Crippen LogP) is 4.16. The van der Waals surface area contributed by atoms with Crippen molar-refractivity contribution in [3.05, 3.63) is 65.5 Å². The summed E-state index contributed by atoms with van der Waals surface area (Å²) in [5.41, 5.74) is 0.218. The lowest BCUT2D eigenvalue weighted by Crippen LogP contribution is -2.46. The van der Waals surface area contributed by atoms with Crippen molar-refractivity contribution in [1.82, 2.24) is 0 Å². The van der Waals surface area contributed by atoms with E-state index in [9.17, 15) is 18.0 Å². The van der Waals surface area contributed by atoms with E-state index in [1.165, 1.54) is 18.2 Å². The van der Waals surface area contributed by atoms with Crippen molar-refractivity contribution in [2.24, 2.45) is 0 Å². The lowest BCUT2D eigenvalue weighted by atomic mass is 9.64. The van der Waals surface area contributed by atoms with Crippen LogP contribution in [0.5, 0.6) is 0 Å². The molecule has 0 unspecified atom stereocenters. The highest BCUT2D eigenvalue weighted by Gasteiger charge is 2.45. The van der Waals surface area contributed by atoms with Gasteiger partial charge in [0.2, 0.25) is 5.91 Å². The Bertz CT molecular complexity index is 708. The minimum absolute atomic E-state index is 0.206.